The normalized spacial score (nSPS) is 11.9. The highest BCUT2D eigenvalue weighted by Gasteiger charge is 2.23. The Morgan fingerprint density at radius 1 is 1.28 bits per heavy atom. The lowest BCUT2D eigenvalue weighted by Gasteiger charge is -2.05. The summed E-state index contributed by atoms with van der Waals surface area (Å²) < 4.78 is 48.0. The van der Waals surface area contributed by atoms with Gasteiger partial charge in [0, 0.05) is 17.8 Å². The summed E-state index contributed by atoms with van der Waals surface area (Å²) in [5.74, 6) is -0.312. The zero-order valence-electron chi connectivity index (χ0n) is 13.9. The van der Waals surface area contributed by atoms with E-state index >= 15 is 0 Å². The maximum Gasteiger partial charge on any atom is 0.282 e. The van der Waals surface area contributed by atoms with Crippen LogP contribution in [-0.4, -0.2) is 23.1 Å². The first kappa shape index (κ1) is 17.2. The highest BCUT2D eigenvalue weighted by molar-refractivity contribution is 7.92. The minimum absolute atomic E-state index is 0.00245. The third kappa shape index (κ3) is 3.27. The van der Waals surface area contributed by atoms with Crippen LogP contribution in [0.2, 0.25) is 0 Å². The molecule has 0 atom stereocenters. The Hall–Kier alpha value is -2.68. The van der Waals surface area contributed by atoms with E-state index in [2.05, 4.69) is 14.9 Å². The third-order valence-electron chi connectivity index (χ3n) is 3.72. The number of sulfonamides is 1. The molecule has 9 heteroatoms. The Balaban J connectivity index is 1.92. The van der Waals surface area contributed by atoms with E-state index in [0.717, 1.165) is 0 Å². The highest BCUT2D eigenvalue weighted by Crippen LogP contribution is 2.31. The molecule has 0 saturated carbocycles. The van der Waals surface area contributed by atoms with Gasteiger partial charge in [0.2, 0.25) is 0 Å². The van der Waals surface area contributed by atoms with Crippen LogP contribution in [-0.2, 0) is 10.0 Å². The SMILES string of the molecule is Cc1c(NS(=O)(=O)c2cn(C(C)C)cn2)noc1-c1ccccc1F. The van der Waals surface area contributed by atoms with Crippen LogP contribution in [0, 0.1) is 12.7 Å². The van der Waals surface area contributed by atoms with Crippen LogP contribution >= 0.6 is 0 Å². The summed E-state index contributed by atoms with van der Waals surface area (Å²) in [6, 6.07) is 6.12. The number of benzene rings is 1. The fourth-order valence-electron chi connectivity index (χ4n) is 2.25. The van der Waals surface area contributed by atoms with Crippen molar-refractivity contribution in [2.45, 2.75) is 31.8 Å². The Morgan fingerprint density at radius 3 is 2.64 bits per heavy atom. The van der Waals surface area contributed by atoms with Gasteiger partial charge in [-0.15, -0.1) is 0 Å². The van der Waals surface area contributed by atoms with Crippen LogP contribution < -0.4 is 4.72 Å². The van der Waals surface area contributed by atoms with Gasteiger partial charge in [0.05, 0.1) is 11.9 Å². The molecule has 7 nitrogen and oxygen atoms in total. The molecule has 2 aromatic heterocycles. The standard InChI is InChI=1S/C16H17FN4O3S/c1-10(2)21-8-14(18-9-21)25(22,23)20-16-11(3)15(24-19-16)12-6-4-5-7-13(12)17/h4-10H,1-3H3,(H,19,20). The molecule has 132 valence electrons. The minimum atomic E-state index is -3.93. The molecular weight excluding hydrogens is 347 g/mol. The van der Waals surface area contributed by atoms with E-state index in [-0.39, 0.29) is 28.2 Å². The second-order valence-corrected chi connectivity index (χ2v) is 7.45. The summed E-state index contributed by atoms with van der Waals surface area (Å²) in [5.41, 5.74) is 0.596. The zero-order chi connectivity index (χ0) is 18.2. The zero-order valence-corrected chi connectivity index (χ0v) is 14.7. The van der Waals surface area contributed by atoms with Crippen LogP contribution in [0.1, 0.15) is 25.5 Å². The monoisotopic (exact) mass is 364 g/mol. The van der Waals surface area contributed by atoms with Crippen molar-refractivity contribution in [3.8, 4) is 11.3 Å². The van der Waals surface area contributed by atoms with Crippen molar-refractivity contribution in [3.05, 3.63) is 48.2 Å². The van der Waals surface area contributed by atoms with E-state index in [0.29, 0.717) is 5.56 Å². The van der Waals surface area contributed by atoms with Crippen LogP contribution in [0.4, 0.5) is 10.2 Å². The number of nitrogens with one attached hydrogen (secondary N) is 1. The maximum atomic E-state index is 13.9. The molecule has 0 aliphatic carbocycles. The van der Waals surface area contributed by atoms with Crippen molar-refractivity contribution >= 4 is 15.8 Å². The molecule has 0 amide bonds. The largest absolute Gasteiger partial charge is 0.354 e. The molecule has 0 saturated heterocycles. The summed E-state index contributed by atoms with van der Waals surface area (Å²) in [6.07, 6.45) is 2.87. The number of rotatable bonds is 5. The van der Waals surface area contributed by atoms with E-state index in [9.17, 15) is 12.8 Å². The molecule has 2 heterocycles. The molecule has 3 aromatic rings. The maximum absolute atomic E-state index is 13.9. The predicted molar refractivity (Wildman–Crippen MR) is 90.1 cm³/mol. The van der Waals surface area contributed by atoms with Crippen molar-refractivity contribution in [1.82, 2.24) is 14.7 Å². The lowest BCUT2D eigenvalue weighted by Crippen LogP contribution is -2.14. The second-order valence-electron chi connectivity index (χ2n) is 5.82. The molecule has 0 unspecified atom stereocenters. The van der Waals surface area contributed by atoms with Crippen molar-refractivity contribution in [3.63, 3.8) is 0 Å². The number of halogens is 1. The summed E-state index contributed by atoms with van der Waals surface area (Å²) in [7, 11) is -3.93. The molecule has 1 aromatic carbocycles. The van der Waals surface area contributed by atoms with Crippen LogP contribution in [0.15, 0.2) is 46.3 Å². The predicted octanol–water partition coefficient (Wildman–Crippen LogP) is 3.37. The van der Waals surface area contributed by atoms with Crippen molar-refractivity contribution < 1.29 is 17.3 Å². The Labute approximate surface area is 144 Å². The molecule has 3 rings (SSSR count). The summed E-state index contributed by atoms with van der Waals surface area (Å²) >= 11 is 0. The van der Waals surface area contributed by atoms with Crippen LogP contribution in [0.25, 0.3) is 11.3 Å². The van der Waals surface area contributed by atoms with E-state index < -0.39 is 15.8 Å². The first-order valence-electron chi connectivity index (χ1n) is 7.57. The summed E-state index contributed by atoms with van der Waals surface area (Å²) in [6.45, 7) is 5.42. The first-order valence-corrected chi connectivity index (χ1v) is 9.05. The quantitative estimate of drug-likeness (QED) is 0.750. The van der Waals surface area contributed by atoms with Crippen LogP contribution in [0.3, 0.4) is 0 Å². The van der Waals surface area contributed by atoms with Gasteiger partial charge in [-0.25, -0.2) is 9.37 Å². The number of imidazole rings is 1. The fraction of sp³-hybridized carbons (Fsp3) is 0.250. The van der Waals surface area contributed by atoms with E-state index in [4.69, 9.17) is 4.52 Å². The van der Waals surface area contributed by atoms with Gasteiger partial charge in [0.15, 0.2) is 16.6 Å². The molecule has 0 aliphatic rings. The molecule has 0 spiro atoms. The number of anilines is 1. The van der Waals surface area contributed by atoms with Crippen LogP contribution in [0.5, 0.6) is 0 Å². The lowest BCUT2D eigenvalue weighted by atomic mass is 10.1. The van der Waals surface area contributed by atoms with Gasteiger partial charge < -0.3 is 9.09 Å². The van der Waals surface area contributed by atoms with Gasteiger partial charge in [-0.3, -0.25) is 4.72 Å². The average molecular weight is 364 g/mol. The van der Waals surface area contributed by atoms with Gasteiger partial charge in [-0.05, 0) is 32.9 Å². The molecular formula is C16H17FN4O3S. The fourth-order valence-corrected chi connectivity index (χ4v) is 3.24. The molecule has 0 radical (unpaired) electrons. The van der Waals surface area contributed by atoms with Crippen molar-refractivity contribution in [1.29, 1.82) is 0 Å². The molecule has 0 bridgehead atoms. The van der Waals surface area contributed by atoms with E-state index in [1.54, 1.807) is 23.6 Å². The molecule has 0 aliphatic heterocycles. The Kier molecular flexibility index (Phi) is 4.34. The third-order valence-corrected chi connectivity index (χ3v) is 4.95. The average Bonchev–Trinajstić information content (AvgIpc) is 3.17. The van der Waals surface area contributed by atoms with Gasteiger partial charge in [-0.2, -0.15) is 8.42 Å². The highest BCUT2D eigenvalue weighted by atomic mass is 32.2. The Morgan fingerprint density at radius 2 is 2.00 bits per heavy atom. The van der Waals surface area contributed by atoms with Crippen molar-refractivity contribution in [2.75, 3.05) is 4.72 Å². The molecule has 1 N–H and O–H groups in total. The smallest absolute Gasteiger partial charge is 0.282 e. The molecule has 25 heavy (non-hydrogen) atoms. The topological polar surface area (TPSA) is 90.0 Å². The second kappa shape index (κ2) is 6.32. The number of hydrogen-bond acceptors (Lipinski definition) is 5. The number of aromatic nitrogens is 3. The summed E-state index contributed by atoms with van der Waals surface area (Å²) in [4.78, 5) is 3.91. The van der Waals surface area contributed by atoms with E-state index in [1.165, 1.54) is 24.7 Å². The summed E-state index contributed by atoms with van der Waals surface area (Å²) in [5, 5.41) is 3.59. The number of nitrogens with zero attached hydrogens (tertiary/aromatic N) is 3. The van der Waals surface area contributed by atoms with Gasteiger partial charge >= 0.3 is 0 Å². The number of hydrogen-bond donors (Lipinski definition) is 1. The Bertz CT molecular complexity index is 1010. The lowest BCUT2D eigenvalue weighted by molar-refractivity contribution is 0.432. The van der Waals surface area contributed by atoms with Crippen molar-refractivity contribution in [2.24, 2.45) is 0 Å². The van der Waals surface area contributed by atoms with Gasteiger partial charge in [-0.1, -0.05) is 17.3 Å². The molecule has 0 fully saturated rings. The van der Waals surface area contributed by atoms with Gasteiger partial charge in [0.1, 0.15) is 5.82 Å². The van der Waals surface area contributed by atoms with Gasteiger partial charge in [0.25, 0.3) is 10.0 Å². The van der Waals surface area contributed by atoms with E-state index in [1.807, 2.05) is 13.8 Å². The minimum Gasteiger partial charge on any atom is -0.354 e. The first-order chi connectivity index (χ1) is 11.8.